The fraction of sp³-hybridized carbons (Fsp3) is 0.632. The summed E-state index contributed by atoms with van der Waals surface area (Å²) in [6.45, 7) is 1.39. The first-order valence-corrected chi connectivity index (χ1v) is 13.1. The normalized spacial score (nSPS) is 21.4. The number of anilines is 1. The van der Waals surface area contributed by atoms with Crippen LogP contribution in [0.5, 0.6) is 5.75 Å². The standard InChI is InChI=1S/C19H30N4O6S2/c1-21(2)31(27,28)23-12-6-7-15(14-23)19(24)20-17-13-16(8-9-18(17)29-3)30(25,26)22-10-4-5-11-22/h8-9,13,15H,4-7,10-12,14H2,1-3H3,(H,20,24)/t15-/m1/s1. The highest BCUT2D eigenvalue weighted by atomic mass is 32.2. The molecule has 31 heavy (non-hydrogen) atoms. The Morgan fingerprint density at radius 2 is 1.71 bits per heavy atom. The summed E-state index contributed by atoms with van der Waals surface area (Å²) >= 11 is 0. The number of rotatable bonds is 7. The van der Waals surface area contributed by atoms with Crippen LogP contribution in [0.25, 0.3) is 0 Å². The molecule has 0 spiro atoms. The summed E-state index contributed by atoms with van der Waals surface area (Å²) in [7, 11) is -2.92. The summed E-state index contributed by atoms with van der Waals surface area (Å²) in [4.78, 5) is 13.0. The van der Waals surface area contributed by atoms with E-state index in [9.17, 15) is 21.6 Å². The van der Waals surface area contributed by atoms with E-state index in [0.29, 0.717) is 38.2 Å². The lowest BCUT2D eigenvalue weighted by Gasteiger charge is -2.32. The zero-order chi connectivity index (χ0) is 22.8. The minimum Gasteiger partial charge on any atom is -0.495 e. The van der Waals surface area contributed by atoms with Crippen molar-refractivity contribution in [2.75, 3.05) is 52.7 Å². The molecule has 10 nitrogen and oxygen atoms in total. The molecule has 0 bridgehead atoms. The summed E-state index contributed by atoms with van der Waals surface area (Å²) in [5.41, 5.74) is 0.250. The highest BCUT2D eigenvalue weighted by Gasteiger charge is 2.34. The van der Waals surface area contributed by atoms with E-state index in [-0.39, 0.29) is 23.0 Å². The quantitative estimate of drug-likeness (QED) is 0.629. The summed E-state index contributed by atoms with van der Waals surface area (Å²) in [6.07, 6.45) is 2.76. The molecule has 174 valence electrons. The van der Waals surface area contributed by atoms with Crippen LogP contribution in [0.15, 0.2) is 23.1 Å². The van der Waals surface area contributed by atoms with Crippen LogP contribution in [0.2, 0.25) is 0 Å². The molecule has 2 fully saturated rings. The Balaban J connectivity index is 1.80. The van der Waals surface area contributed by atoms with Gasteiger partial charge in [-0.05, 0) is 43.9 Å². The fourth-order valence-electron chi connectivity index (χ4n) is 3.85. The number of nitrogens with one attached hydrogen (secondary N) is 1. The molecule has 2 aliphatic rings. The topological polar surface area (TPSA) is 116 Å². The van der Waals surface area contributed by atoms with Crippen molar-refractivity contribution >= 4 is 31.8 Å². The molecule has 0 aromatic heterocycles. The molecule has 1 N–H and O–H groups in total. The number of benzene rings is 1. The van der Waals surface area contributed by atoms with E-state index in [1.165, 1.54) is 48.0 Å². The molecule has 1 aromatic carbocycles. The van der Waals surface area contributed by atoms with Gasteiger partial charge in [0.1, 0.15) is 5.75 Å². The molecule has 0 radical (unpaired) electrons. The summed E-state index contributed by atoms with van der Waals surface area (Å²) in [6, 6.07) is 4.39. The zero-order valence-electron chi connectivity index (χ0n) is 18.1. The number of ether oxygens (including phenoxy) is 1. The Morgan fingerprint density at radius 3 is 2.32 bits per heavy atom. The molecule has 2 heterocycles. The first-order chi connectivity index (χ1) is 14.6. The Bertz CT molecular complexity index is 1020. The second kappa shape index (κ2) is 9.41. The van der Waals surface area contributed by atoms with Gasteiger partial charge in [0.2, 0.25) is 15.9 Å². The predicted molar refractivity (Wildman–Crippen MR) is 117 cm³/mol. The Hall–Kier alpha value is -1.73. The van der Waals surface area contributed by atoms with Crippen molar-refractivity contribution in [3.05, 3.63) is 18.2 Å². The number of hydrogen-bond acceptors (Lipinski definition) is 6. The first kappa shape index (κ1) is 23.9. The Kier molecular flexibility index (Phi) is 7.26. The molecule has 12 heteroatoms. The number of piperidine rings is 1. The highest BCUT2D eigenvalue weighted by Crippen LogP contribution is 2.31. The minimum atomic E-state index is -3.65. The van der Waals surface area contributed by atoms with Gasteiger partial charge in [0.15, 0.2) is 0 Å². The van der Waals surface area contributed by atoms with Gasteiger partial charge < -0.3 is 10.1 Å². The lowest BCUT2D eigenvalue weighted by molar-refractivity contribution is -0.120. The second-order valence-electron chi connectivity index (χ2n) is 7.95. The van der Waals surface area contributed by atoms with E-state index in [4.69, 9.17) is 4.74 Å². The van der Waals surface area contributed by atoms with Crippen molar-refractivity contribution in [1.82, 2.24) is 12.9 Å². The van der Waals surface area contributed by atoms with Gasteiger partial charge in [0.25, 0.3) is 10.2 Å². The molecule has 3 rings (SSSR count). The fourth-order valence-corrected chi connectivity index (χ4v) is 6.59. The number of carbonyl (C=O) groups is 1. The van der Waals surface area contributed by atoms with E-state index >= 15 is 0 Å². The molecule has 2 saturated heterocycles. The molecule has 0 saturated carbocycles. The van der Waals surface area contributed by atoms with Gasteiger partial charge in [-0.1, -0.05) is 0 Å². The number of carbonyl (C=O) groups excluding carboxylic acids is 1. The van der Waals surface area contributed by atoms with Gasteiger partial charge >= 0.3 is 0 Å². The highest BCUT2D eigenvalue weighted by molar-refractivity contribution is 7.89. The van der Waals surface area contributed by atoms with Crippen LogP contribution in [0.3, 0.4) is 0 Å². The van der Waals surface area contributed by atoms with Crippen molar-refractivity contribution in [3.63, 3.8) is 0 Å². The second-order valence-corrected chi connectivity index (χ2v) is 12.0. The lowest BCUT2D eigenvalue weighted by Crippen LogP contribution is -2.47. The zero-order valence-corrected chi connectivity index (χ0v) is 19.7. The number of nitrogens with zero attached hydrogens (tertiary/aromatic N) is 3. The maximum atomic E-state index is 12.9. The van der Waals surface area contributed by atoms with Gasteiger partial charge in [-0.15, -0.1) is 0 Å². The van der Waals surface area contributed by atoms with Crippen LogP contribution in [0, 0.1) is 5.92 Å². The number of methoxy groups -OCH3 is 1. The summed E-state index contributed by atoms with van der Waals surface area (Å²) in [5, 5.41) is 2.75. The third kappa shape index (κ3) is 5.03. The van der Waals surface area contributed by atoms with E-state index in [2.05, 4.69) is 5.32 Å². The molecular weight excluding hydrogens is 444 g/mol. The summed E-state index contributed by atoms with van der Waals surface area (Å²) < 4.78 is 59.8. The van der Waals surface area contributed by atoms with Crippen LogP contribution >= 0.6 is 0 Å². The molecule has 1 aromatic rings. The molecule has 1 atom stereocenters. The monoisotopic (exact) mass is 474 g/mol. The average molecular weight is 475 g/mol. The number of amides is 1. The molecule has 2 aliphatic heterocycles. The van der Waals surface area contributed by atoms with Crippen molar-refractivity contribution in [3.8, 4) is 5.75 Å². The predicted octanol–water partition coefficient (Wildman–Crippen LogP) is 0.937. The van der Waals surface area contributed by atoms with Crippen LogP contribution in [0.4, 0.5) is 5.69 Å². The largest absolute Gasteiger partial charge is 0.495 e. The van der Waals surface area contributed by atoms with E-state index < -0.39 is 26.2 Å². The first-order valence-electron chi connectivity index (χ1n) is 10.2. The van der Waals surface area contributed by atoms with Gasteiger partial charge in [-0.3, -0.25) is 4.79 Å². The van der Waals surface area contributed by atoms with Crippen LogP contribution in [-0.2, 0) is 25.0 Å². The van der Waals surface area contributed by atoms with Crippen molar-refractivity contribution in [2.24, 2.45) is 5.92 Å². The van der Waals surface area contributed by atoms with E-state index in [1.54, 1.807) is 0 Å². The van der Waals surface area contributed by atoms with Gasteiger partial charge in [-0.2, -0.15) is 21.3 Å². The maximum absolute atomic E-state index is 12.9. The van der Waals surface area contributed by atoms with Crippen molar-refractivity contribution in [2.45, 2.75) is 30.6 Å². The molecule has 1 amide bonds. The summed E-state index contributed by atoms with van der Waals surface area (Å²) in [5.74, 6) is -0.581. The molecule has 0 unspecified atom stereocenters. The van der Waals surface area contributed by atoms with Crippen LogP contribution in [-0.4, -0.2) is 83.0 Å². The third-order valence-corrected chi connectivity index (χ3v) is 9.48. The number of sulfonamides is 1. The molecule has 0 aliphatic carbocycles. The van der Waals surface area contributed by atoms with E-state index in [1.807, 2.05) is 0 Å². The van der Waals surface area contributed by atoms with Gasteiger partial charge in [-0.25, -0.2) is 8.42 Å². The van der Waals surface area contributed by atoms with Gasteiger partial charge in [0, 0.05) is 40.3 Å². The molecular formula is C19H30N4O6S2. The van der Waals surface area contributed by atoms with Crippen molar-refractivity contribution in [1.29, 1.82) is 0 Å². The smallest absolute Gasteiger partial charge is 0.281 e. The van der Waals surface area contributed by atoms with Crippen LogP contribution in [0.1, 0.15) is 25.7 Å². The van der Waals surface area contributed by atoms with Crippen molar-refractivity contribution < 1.29 is 26.4 Å². The number of hydrogen-bond donors (Lipinski definition) is 1. The third-order valence-electron chi connectivity index (χ3n) is 5.67. The average Bonchev–Trinajstić information content (AvgIpc) is 3.29. The Labute approximate surface area is 184 Å². The van der Waals surface area contributed by atoms with Crippen LogP contribution < -0.4 is 10.1 Å². The SMILES string of the molecule is COc1ccc(S(=O)(=O)N2CCCC2)cc1NC(=O)[C@@H]1CCCN(S(=O)(=O)N(C)C)C1. The minimum absolute atomic E-state index is 0.0699. The van der Waals surface area contributed by atoms with Gasteiger partial charge in [0.05, 0.1) is 23.6 Å². The van der Waals surface area contributed by atoms with E-state index in [0.717, 1.165) is 17.1 Å². The Morgan fingerprint density at radius 1 is 1.06 bits per heavy atom. The maximum Gasteiger partial charge on any atom is 0.281 e. The lowest BCUT2D eigenvalue weighted by atomic mass is 9.98.